The van der Waals surface area contributed by atoms with Gasteiger partial charge in [0.1, 0.15) is 0 Å². The number of hydrogen-bond donors (Lipinski definition) is 0. The number of nitrogens with zero attached hydrogens (tertiary/aromatic N) is 2. The molecule has 2 nitrogen and oxygen atoms in total. The lowest BCUT2D eigenvalue weighted by atomic mass is 10.0. The zero-order valence-electron chi connectivity index (χ0n) is 14.7. The second kappa shape index (κ2) is 8.17. The number of unbranched alkanes of at least 4 members (excludes halogenated alkanes) is 2. The lowest BCUT2D eigenvalue weighted by Gasteiger charge is -2.25. The van der Waals surface area contributed by atoms with E-state index < -0.39 is 0 Å². The molecule has 1 aromatic heterocycles. The van der Waals surface area contributed by atoms with Gasteiger partial charge in [0.2, 0.25) is 0 Å². The maximum Gasteiger partial charge on any atom is 0.0709 e. The van der Waals surface area contributed by atoms with Gasteiger partial charge in [-0.3, -0.25) is 4.98 Å². The van der Waals surface area contributed by atoms with Crippen LogP contribution in [0, 0.1) is 6.92 Å². The number of pyridine rings is 1. The highest BCUT2D eigenvalue weighted by Gasteiger charge is 2.09. The summed E-state index contributed by atoms with van der Waals surface area (Å²) in [4.78, 5) is 7.22. The van der Waals surface area contributed by atoms with E-state index in [2.05, 4.69) is 61.8 Å². The Hall–Kier alpha value is -1.57. The van der Waals surface area contributed by atoms with E-state index in [1.54, 1.807) is 0 Å². The minimum Gasteiger partial charge on any atom is -0.372 e. The highest BCUT2D eigenvalue weighted by atomic mass is 15.1. The standard InChI is InChI=1S/C20H30N2/c1-5-8-9-13-22(12-6-2)18-10-11-20-19(15-18)17(7-3)14-16(4)21-20/h10-11,14-15H,5-9,12-13H2,1-4H3. The minimum absolute atomic E-state index is 1.06. The molecule has 2 heteroatoms. The zero-order chi connectivity index (χ0) is 15.9. The fourth-order valence-corrected chi connectivity index (χ4v) is 3.11. The molecule has 2 aromatic rings. The third kappa shape index (κ3) is 4.00. The van der Waals surface area contributed by atoms with Crippen LogP contribution in [-0.4, -0.2) is 18.1 Å². The van der Waals surface area contributed by atoms with Crippen LogP contribution in [0.3, 0.4) is 0 Å². The van der Waals surface area contributed by atoms with Crippen LogP contribution in [0.4, 0.5) is 5.69 Å². The van der Waals surface area contributed by atoms with Gasteiger partial charge in [0.15, 0.2) is 0 Å². The molecule has 1 aromatic carbocycles. The average molecular weight is 298 g/mol. The van der Waals surface area contributed by atoms with E-state index in [1.807, 2.05) is 0 Å². The number of aryl methyl sites for hydroxylation is 2. The number of fused-ring (bicyclic) bond motifs is 1. The normalized spacial score (nSPS) is 11.1. The van der Waals surface area contributed by atoms with Crippen molar-refractivity contribution in [1.29, 1.82) is 0 Å². The smallest absolute Gasteiger partial charge is 0.0709 e. The lowest BCUT2D eigenvalue weighted by molar-refractivity contribution is 0.669. The quantitative estimate of drug-likeness (QED) is 0.597. The van der Waals surface area contributed by atoms with Gasteiger partial charge in [-0.25, -0.2) is 0 Å². The van der Waals surface area contributed by atoms with E-state index in [4.69, 9.17) is 0 Å². The molecular formula is C20H30N2. The molecule has 22 heavy (non-hydrogen) atoms. The molecule has 0 saturated heterocycles. The summed E-state index contributed by atoms with van der Waals surface area (Å²) in [6, 6.07) is 9.02. The van der Waals surface area contributed by atoms with E-state index in [9.17, 15) is 0 Å². The summed E-state index contributed by atoms with van der Waals surface area (Å²) in [7, 11) is 0. The molecule has 0 radical (unpaired) electrons. The van der Waals surface area contributed by atoms with Crippen molar-refractivity contribution < 1.29 is 0 Å². The Morgan fingerprint density at radius 2 is 1.77 bits per heavy atom. The van der Waals surface area contributed by atoms with Gasteiger partial charge >= 0.3 is 0 Å². The lowest BCUT2D eigenvalue weighted by Crippen LogP contribution is -2.25. The van der Waals surface area contributed by atoms with Crippen molar-refractivity contribution in [3.8, 4) is 0 Å². The van der Waals surface area contributed by atoms with Crippen molar-refractivity contribution in [3.05, 3.63) is 35.5 Å². The number of anilines is 1. The molecule has 0 atom stereocenters. The monoisotopic (exact) mass is 298 g/mol. The second-order valence-corrected chi connectivity index (χ2v) is 6.17. The summed E-state index contributed by atoms with van der Waals surface area (Å²) < 4.78 is 0. The number of hydrogen-bond acceptors (Lipinski definition) is 2. The van der Waals surface area contributed by atoms with Crippen molar-refractivity contribution in [2.24, 2.45) is 0 Å². The molecule has 0 N–H and O–H groups in total. The fourth-order valence-electron chi connectivity index (χ4n) is 3.11. The van der Waals surface area contributed by atoms with E-state index >= 15 is 0 Å². The molecule has 0 aliphatic heterocycles. The van der Waals surface area contributed by atoms with Gasteiger partial charge in [0, 0.05) is 29.9 Å². The molecule has 0 unspecified atom stereocenters. The van der Waals surface area contributed by atoms with Gasteiger partial charge in [0.25, 0.3) is 0 Å². The molecule has 0 bridgehead atoms. The SMILES string of the molecule is CCCCCN(CCC)c1ccc2nc(C)cc(CC)c2c1. The molecule has 120 valence electrons. The van der Waals surface area contributed by atoms with Crippen LogP contribution in [0.5, 0.6) is 0 Å². The summed E-state index contributed by atoms with van der Waals surface area (Å²) in [6.45, 7) is 11.1. The number of benzene rings is 1. The number of rotatable bonds is 8. The molecular weight excluding hydrogens is 268 g/mol. The van der Waals surface area contributed by atoms with Crippen LogP contribution < -0.4 is 4.90 Å². The molecule has 0 saturated carbocycles. The first kappa shape index (κ1) is 16.8. The van der Waals surface area contributed by atoms with Crippen molar-refractivity contribution in [2.75, 3.05) is 18.0 Å². The number of aromatic nitrogens is 1. The molecule has 1 heterocycles. The van der Waals surface area contributed by atoms with Gasteiger partial charge in [-0.1, -0.05) is 33.6 Å². The highest BCUT2D eigenvalue weighted by molar-refractivity contribution is 5.86. The van der Waals surface area contributed by atoms with Gasteiger partial charge in [0.05, 0.1) is 5.52 Å². The van der Waals surface area contributed by atoms with Crippen LogP contribution in [-0.2, 0) is 6.42 Å². The van der Waals surface area contributed by atoms with Crippen molar-refractivity contribution in [2.45, 2.75) is 59.8 Å². The van der Waals surface area contributed by atoms with E-state index in [0.717, 1.165) is 30.7 Å². The maximum absolute atomic E-state index is 4.69. The largest absolute Gasteiger partial charge is 0.372 e. The van der Waals surface area contributed by atoms with E-state index in [-0.39, 0.29) is 0 Å². The molecule has 0 spiro atoms. The van der Waals surface area contributed by atoms with E-state index in [1.165, 1.54) is 42.3 Å². The highest BCUT2D eigenvalue weighted by Crippen LogP contribution is 2.25. The Kier molecular flexibility index (Phi) is 6.23. The van der Waals surface area contributed by atoms with Crippen LogP contribution in [0.1, 0.15) is 57.7 Å². The predicted molar refractivity (Wildman–Crippen MR) is 97.9 cm³/mol. The Morgan fingerprint density at radius 1 is 0.955 bits per heavy atom. The molecule has 0 amide bonds. The Labute approximate surface area is 135 Å². The summed E-state index contributed by atoms with van der Waals surface area (Å²) in [5.41, 5.74) is 5.01. The first-order chi connectivity index (χ1) is 10.7. The van der Waals surface area contributed by atoms with Crippen LogP contribution in [0.2, 0.25) is 0 Å². The summed E-state index contributed by atoms with van der Waals surface area (Å²) in [5.74, 6) is 0. The molecule has 0 aliphatic carbocycles. The summed E-state index contributed by atoms with van der Waals surface area (Å²) in [6.07, 6.45) is 6.13. The Bertz CT molecular complexity index is 604. The second-order valence-electron chi connectivity index (χ2n) is 6.17. The van der Waals surface area contributed by atoms with Crippen LogP contribution >= 0.6 is 0 Å². The topological polar surface area (TPSA) is 16.1 Å². The third-order valence-corrected chi connectivity index (χ3v) is 4.28. The summed E-state index contributed by atoms with van der Waals surface area (Å²) in [5, 5.41) is 1.32. The van der Waals surface area contributed by atoms with Crippen molar-refractivity contribution in [3.63, 3.8) is 0 Å². The Morgan fingerprint density at radius 3 is 2.45 bits per heavy atom. The van der Waals surface area contributed by atoms with Gasteiger partial charge in [-0.15, -0.1) is 0 Å². The van der Waals surface area contributed by atoms with Crippen LogP contribution in [0.15, 0.2) is 24.3 Å². The first-order valence-electron chi connectivity index (χ1n) is 8.84. The van der Waals surface area contributed by atoms with Gasteiger partial charge in [-0.2, -0.15) is 0 Å². The predicted octanol–water partition coefficient (Wildman–Crippen LogP) is 5.51. The first-order valence-corrected chi connectivity index (χ1v) is 8.84. The van der Waals surface area contributed by atoms with Gasteiger partial charge < -0.3 is 4.90 Å². The molecule has 0 aliphatic rings. The maximum atomic E-state index is 4.69. The zero-order valence-corrected chi connectivity index (χ0v) is 14.7. The Balaban J connectivity index is 2.34. The third-order valence-electron chi connectivity index (χ3n) is 4.28. The van der Waals surface area contributed by atoms with Crippen molar-refractivity contribution >= 4 is 16.6 Å². The van der Waals surface area contributed by atoms with Crippen LogP contribution in [0.25, 0.3) is 10.9 Å². The summed E-state index contributed by atoms with van der Waals surface area (Å²) >= 11 is 0. The molecule has 0 fully saturated rings. The van der Waals surface area contributed by atoms with E-state index in [0.29, 0.717) is 0 Å². The molecule has 2 rings (SSSR count). The average Bonchev–Trinajstić information content (AvgIpc) is 2.53. The van der Waals surface area contributed by atoms with Crippen molar-refractivity contribution in [1.82, 2.24) is 4.98 Å². The van der Waals surface area contributed by atoms with Gasteiger partial charge in [-0.05, 0) is 56.0 Å². The fraction of sp³-hybridized carbons (Fsp3) is 0.550. The minimum atomic E-state index is 1.06.